The van der Waals surface area contributed by atoms with Crippen LogP contribution in [0, 0.1) is 0 Å². The maximum absolute atomic E-state index is 11.7. The van der Waals surface area contributed by atoms with Crippen LogP contribution in [0.5, 0.6) is 5.75 Å². The van der Waals surface area contributed by atoms with E-state index in [1.54, 1.807) is 26.2 Å². The molecule has 1 aliphatic heterocycles. The van der Waals surface area contributed by atoms with Crippen molar-refractivity contribution in [2.24, 2.45) is 0 Å². The van der Waals surface area contributed by atoms with Gasteiger partial charge in [-0.3, -0.25) is 0 Å². The smallest absolute Gasteiger partial charge is 0.345 e. The van der Waals surface area contributed by atoms with Crippen LogP contribution in [0.25, 0.3) is 0 Å². The highest BCUT2D eigenvalue weighted by Gasteiger charge is 2.55. The number of hydrogen-bond donors (Lipinski definition) is 0. The van der Waals surface area contributed by atoms with Crippen LogP contribution in [0.15, 0.2) is 24.3 Å². The normalized spacial score (nSPS) is 22.6. The molecule has 1 fully saturated rings. The molecular formula is C12H14O4. The van der Waals surface area contributed by atoms with Crippen molar-refractivity contribution in [1.29, 1.82) is 0 Å². The fourth-order valence-corrected chi connectivity index (χ4v) is 1.58. The van der Waals surface area contributed by atoms with E-state index in [9.17, 15) is 4.79 Å². The number of epoxide rings is 1. The number of ether oxygens (including phenoxy) is 3. The molecular weight excluding hydrogens is 208 g/mol. The Labute approximate surface area is 94.1 Å². The van der Waals surface area contributed by atoms with E-state index in [0.29, 0.717) is 13.2 Å². The Hall–Kier alpha value is -1.55. The van der Waals surface area contributed by atoms with Gasteiger partial charge in [-0.25, -0.2) is 4.79 Å². The van der Waals surface area contributed by atoms with Crippen LogP contribution in [0.4, 0.5) is 0 Å². The van der Waals surface area contributed by atoms with Crippen LogP contribution in [-0.4, -0.2) is 26.3 Å². The highest BCUT2D eigenvalue weighted by molar-refractivity contribution is 5.84. The summed E-state index contributed by atoms with van der Waals surface area (Å²) in [5.74, 6) is 0.434. The predicted molar refractivity (Wildman–Crippen MR) is 57.3 cm³/mol. The van der Waals surface area contributed by atoms with Gasteiger partial charge in [-0.15, -0.1) is 0 Å². The van der Waals surface area contributed by atoms with Crippen molar-refractivity contribution in [3.63, 3.8) is 0 Å². The fraction of sp³-hybridized carbons (Fsp3) is 0.417. The van der Waals surface area contributed by atoms with E-state index in [-0.39, 0.29) is 5.97 Å². The molecule has 4 nitrogen and oxygen atoms in total. The van der Waals surface area contributed by atoms with Crippen LogP contribution < -0.4 is 4.74 Å². The Balaban J connectivity index is 2.19. The lowest BCUT2D eigenvalue weighted by atomic mass is 10.0. The first-order valence-corrected chi connectivity index (χ1v) is 5.18. The van der Waals surface area contributed by atoms with Gasteiger partial charge in [0.05, 0.1) is 20.3 Å². The molecule has 0 bridgehead atoms. The minimum absolute atomic E-state index is 0.319. The van der Waals surface area contributed by atoms with Gasteiger partial charge in [-0.05, 0) is 24.6 Å². The molecule has 1 heterocycles. The lowest BCUT2D eigenvalue weighted by Crippen LogP contribution is -2.24. The molecule has 16 heavy (non-hydrogen) atoms. The van der Waals surface area contributed by atoms with Crippen LogP contribution in [0.1, 0.15) is 12.5 Å². The summed E-state index contributed by atoms with van der Waals surface area (Å²) in [5, 5.41) is 0. The second-order valence-electron chi connectivity index (χ2n) is 3.56. The first kappa shape index (κ1) is 11.0. The number of esters is 1. The van der Waals surface area contributed by atoms with Gasteiger partial charge in [0.2, 0.25) is 5.60 Å². The molecule has 1 saturated heterocycles. The van der Waals surface area contributed by atoms with E-state index < -0.39 is 5.60 Å². The second-order valence-corrected chi connectivity index (χ2v) is 3.56. The summed E-state index contributed by atoms with van der Waals surface area (Å²) >= 11 is 0. The molecule has 1 aliphatic rings. The second kappa shape index (κ2) is 4.14. The van der Waals surface area contributed by atoms with Gasteiger partial charge in [0.15, 0.2) is 0 Å². The molecule has 86 valence electrons. The van der Waals surface area contributed by atoms with E-state index in [0.717, 1.165) is 11.3 Å². The number of benzene rings is 1. The Morgan fingerprint density at radius 3 is 2.50 bits per heavy atom. The quantitative estimate of drug-likeness (QED) is 0.572. The van der Waals surface area contributed by atoms with Crippen molar-refractivity contribution in [2.45, 2.75) is 12.5 Å². The third kappa shape index (κ3) is 1.76. The summed E-state index contributed by atoms with van der Waals surface area (Å²) in [7, 11) is 1.60. The molecule has 4 heteroatoms. The largest absolute Gasteiger partial charge is 0.497 e. The average Bonchev–Trinajstić information content (AvgIpc) is 3.11. The maximum Gasteiger partial charge on any atom is 0.345 e. The molecule has 0 N–H and O–H groups in total. The van der Waals surface area contributed by atoms with Crippen LogP contribution in [-0.2, 0) is 19.9 Å². The fourth-order valence-electron chi connectivity index (χ4n) is 1.58. The number of rotatable bonds is 4. The average molecular weight is 222 g/mol. The van der Waals surface area contributed by atoms with Gasteiger partial charge in [-0.2, -0.15) is 0 Å². The number of carbonyl (C=O) groups excluding carboxylic acids is 1. The summed E-state index contributed by atoms with van der Waals surface area (Å²) < 4.78 is 15.3. The van der Waals surface area contributed by atoms with Gasteiger partial charge in [0.1, 0.15) is 5.75 Å². The molecule has 0 radical (unpaired) electrons. The third-order valence-electron chi connectivity index (χ3n) is 2.59. The highest BCUT2D eigenvalue weighted by Crippen LogP contribution is 2.40. The number of carbonyl (C=O) groups is 1. The lowest BCUT2D eigenvalue weighted by molar-refractivity contribution is -0.149. The van der Waals surface area contributed by atoms with E-state index in [4.69, 9.17) is 14.2 Å². The first-order valence-electron chi connectivity index (χ1n) is 5.18. The monoisotopic (exact) mass is 222 g/mol. The topological polar surface area (TPSA) is 48.1 Å². The first-order chi connectivity index (χ1) is 7.73. The van der Waals surface area contributed by atoms with E-state index in [1.807, 2.05) is 12.1 Å². The summed E-state index contributed by atoms with van der Waals surface area (Å²) in [6, 6.07) is 7.25. The van der Waals surface area contributed by atoms with Crippen LogP contribution in [0.3, 0.4) is 0 Å². The van der Waals surface area contributed by atoms with Crippen LogP contribution >= 0.6 is 0 Å². The zero-order valence-electron chi connectivity index (χ0n) is 9.36. The molecule has 0 aromatic heterocycles. The maximum atomic E-state index is 11.7. The summed E-state index contributed by atoms with van der Waals surface area (Å²) in [4.78, 5) is 11.7. The minimum Gasteiger partial charge on any atom is -0.497 e. The summed E-state index contributed by atoms with van der Waals surface area (Å²) in [5.41, 5.74) is -0.0609. The SMILES string of the molecule is CCOC(=O)C1(c2ccc(OC)cc2)CO1. The third-order valence-corrected chi connectivity index (χ3v) is 2.59. The number of hydrogen-bond acceptors (Lipinski definition) is 4. The molecule has 1 atom stereocenters. The van der Waals surface area contributed by atoms with Crippen LogP contribution in [0.2, 0.25) is 0 Å². The molecule has 1 aromatic carbocycles. The van der Waals surface area contributed by atoms with Crippen molar-refractivity contribution in [1.82, 2.24) is 0 Å². The summed E-state index contributed by atoms with van der Waals surface area (Å²) in [6.45, 7) is 2.53. The molecule has 1 unspecified atom stereocenters. The number of methoxy groups -OCH3 is 1. The zero-order chi connectivity index (χ0) is 11.6. The van der Waals surface area contributed by atoms with Gasteiger partial charge in [0, 0.05) is 0 Å². The highest BCUT2D eigenvalue weighted by atomic mass is 16.6. The Morgan fingerprint density at radius 2 is 2.06 bits per heavy atom. The minimum atomic E-state index is -0.873. The van der Waals surface area contributed by atoms with Gasteiger partial charge in [0.25, 0.3) is 0 Å². The van der Waals surface area contributed by atoms with Crippen molar-refractivity contribution >= 4 is 5.97 Å². The van der Waals surface area contributed by atoms with E-state index >= 15 is 0 Å². The lowest BCUT2D eigenvalue weighted by Gasteiger charge is -2.11. The zero-order valence-corrected chi connectivity index (χ0v) is 9.36. The summed E-state index contributed by atoms with van der Waals surface area (Å²) in [6.07, 6.45) is 0. The molecule has 1 aromatic rings. The Bertz CT molecular complexity index is 379. The predicted octanol–water partition coefficient (Wildman–Crippen LogP) is 1.48. The van der Waals surface area contributed by atoms with Gasteiger partial charge < -0.3 is 14.2 Å². The van der Waals surface area contributed by atoms with Gasteiger partial charge in [-0.1, -0.05) is 12.1 Å². The standard InChI is InChI=1S/C12H14O4/c1-3-15-11(13)12(8-16-12)9-4-6-10(14-2)7-5-9/h4-7H,3,8H2,1-2H3. The molecule has 0 amide bonds. The molecule has 2 rings (SSSR count). The van der Waals surface area contributed by atoms with Crippen molar-refractivity contribution in [3.8, 4) is 5.75 Å². The van der Waals surface area contributed by atoms with Gasteiger partial charge >= 0.3 is 5.97 Å². The molecule has 0 spiro atoms. The Morgan fingerprint density at radius 1 is 1.44 bits per heavy atom. The molecule has 0 saturated carbocycles. The molecule has 0 aliphatic carbocycles. The van der Waals surface area contributed by atoms with Crippen molar-refractivity contribution < 1.29 is 19.0 Å². The van der Waals surface area contributed by atoms with Crippen molar-refractivity contribution in [2.75, 3.05) is 20.3 Å². The van der Waals surface area contributed by atoms with Crippen molar-refractivity contribution in [3.05, 3.63) is 29.8 Å². The van der Waals surface area contributed by atoms with E-state index in [1.165, 1.54) is 0 Å². The Kier molecular flexibility index (Phi) is 2.83. The van der Waals surface area contributed by atoms with E-state index in [2.05, 4.69) is 0 Å².